The van der Waals surface area contributed by atoms with E-state index in [0.717, 1.165) is 0 Å². The van der Waals surface area contributed by atoms with E-state index in [9.17, 15) is 18.4 Å². The molecule has 0 fully saturated rings. The Bertz CT molecular complexity index is 635. The number of ether oxygens (including phenoxy) is 1. The first kappa shape index (κ1) is 13.7. The highest BCUT2D eigenvalue weighted by Crippen LogP contribution is 2.17. The van der Waals surface area contributed by atoms with E-state index in [0.29, 0.717) is 5.69 Å². The number of benzene rings is 1. The zero-order valence-electron chi connectivity index (χ0n) is 9.97. The summed E-state index contributed by atoms with van der Waals surface area (Å²) in [6, 6.07) is 7.83. The second-order valence-electron chi connectivity index (χ2n) is 3.66. The maximum absolute atomic E-state index is 12.0. The van der Waals surface area contributed by atoms with E-state index >= 15 is 0 Å². The fourth-order valence-electron chi connectivity index (χ4n) is 1.39. The molecule has 8 heteroatoms. The van der Waals surface area contributed by atoms with Crippen molar-refractivity contribution >= 4 is 11.6 Å². The van der Waals surface area contributed by atoms with Crippen molar-refractivity contribution in [3.63, 3.8) is 0 Å². The lowest BCUT2D eigenvalue weighted by atomic mass is 10.3. The lowest BCUT2D eigenvalue weighted by molar-refractivity contribution is -0.0498. The Hall–Kier alpha value is -2.77. The quantitative estimate of drug-likeness (QED) is 0.892. The molecule has 0 atom stereocenters. The molecule has 0 aliphatic heterocycles. The monoisotopic (exact) mass is 281 g/mol. The van der Waals surface area contributed by atoms with E-state index in [4.69, 9.17) is 0 Å². The predicted octanol–water partition coefficient (Wildman–Crippen LogP) is 1.62. The number of aromatic nitrogens is 2. The summed E-state index contributed by atoms with van der Waals surface area (Å²) in [6.07, 6.45) is 0. The topological polar surface area (TPSA) is 84.1 Å². The van der Waals surface area contributed by atoms with Crippen molar-refractivity contribution in [2.24, 2.45) is 0 Å². The van der Waals surface area contributed by atoms with Crippen LogP contribution in [0, 0.1) is 0 Å². The van der Waals surface area contributed by atoms with Crippen LogP contribution in [0.2, 0.25) is 0 Å². The van der Waals surface area contributed by atoms with E-state index in [-0.39, 0.29) is 11.4 Å². The highest BCUT2D eigenvalue weighted by atomic mass is 19.3. The van der Waals surface area contributed by atoms with Crippen LogP contribution in [-0.2, 0) is 0 Å². The van der Waals surface area contributed by atoms with Gasteiger partial charge in [0.05, 0.1) is 0 Å². The molecule has 0 aliphatic rings. The van der Waals surface area contributed by atoms with Gasteiger partial charge in [-0.05, 0) is 30.3 Å². The Morgan fingerprint density at radius 3 is 2.45 bits per heavy atom. The minimum atomic E-state index is -2.90. The Labute approximate surface area is 111 Å². The van der Waals surface area contributed by atoms with Crippen LogP contribution in [0.15, 0.2) is 41.2 Å². The van der Waals surface area contributed by atoms with E-state index in [1.807, 2.05) is 0 Å². The first-order valence-electron chi connectivity index (χ1n) is 5.46. The number of rotatable bonds is 4. The summed E-state index contributed by atoms with van der Waals surface area (Å²) in [4.78, 5) is 22.5. The average molecular weight is 281 g/mol. The van der Waals surface area contributed by atoms with Crippen LogP contribution in [-0.4, -0.2) is 22.7 Å². The van der Waals surface area contributed by atoms with Gasteiger partial charge in [-0.25, -0.2) is 5.10 Å². The largest absolute Gasteiger partial charge is 0.435 e. The second kappa shape index (κ2) is 5.91. The third kappa shape index (κ3) is 3.61. The van der Waals surface area contributed by atoms with Crippen LogP contribution < -0.4 is 15.6 Å². The van der Waals surface area contributed by atoms with Crippen molar-refractivity contribution < 1.29 is 18.3 Å². The molecule has 1 aromatic carbocycles. The average Bonchev–Trinajstić information content (AvgIpc) is 2.41. The lowest BCUT2D eigenvalue weighted by Crippen LogP contribution is -2.17. The number of carbonyl (C=O) groups excluding carboxylic acids is 1. The number of hydrogen-bond acceptors (Lipinski definition) is 4. The van der Waals surface area contributed by atoms with Gasteiger partial charge >= 0.3 is 6.61 Å². The summed E-state index contributed by atoms with van der Waals surface area (Å²) < 4.78 is 28.1. The Morgan fingerprint density at radius 1 is 1.20 bits per heavy atom. The molecular weight excluding hydrogens is 272 g/mol. The Balaban J connectivity index is 2.04. The molecule has 0 spiro atoms. The molecule has 0 unspecified atom stereocenters. The van der Waals surface area contributed by atoms with Gasteiger partial charge in [0.1, 0.15) is 11.4 Å². The van der Waals surface area contributed by atoms with Gasteiger partial charge in [0.15, 0.2) is 0 Å². The molecule has 2 rings (SSSR count). The van der Waals surface area contributed by atoms with Gasteiger partial charge in [-0.1, -0.05) is 0 Å². The fourth-order valence-corrected chi connectivity index (χ4v) is 1.39. The van der Waals surface area contributed by atoms with E-state index < -0.39 is 18.1 Å². The second-order valence-corrected chi connectivity index (χ2v) is 3.66. The van der Waals surface area contributed by atoms with Crippen LogP contribution in [0.25, 0.3) is 0 Å². The van der Waals surface area contributed by atoms with Gasteiger partial charge in [0.2, 0.25) is 0 Å². The normalized spacial score (nSPS) is 10.3. The Morgan fingerprint density at radius 2 is 1.90 bits per heavy atom. The van der Waals surface area contributed by atoms with Crippen molar-refractivity contribution in [3.05, 3.63) is 52.4 Å². The third-order valence-electron chi connectivity index (χ3n) is 2.25. The zero-order valence-corrected chi connectivity index (χ0v) is 9.97. The first-order chi connectivity index (χ1) is 9.54. The molecule has 0 bridgehead atoms. The molecule has 2 aromatic rings. The van der Waals surface area contributed by atoms with E-state index in [2.05, 4.69) is 20.3 Å². The number of nitrogens with one attached hydrogen (secondary N) is 2. The van der Waals surface area contributed by atoms with Crippen molar-refractivity contribution in [2.75, 3.05) is 5.32 Å². The lowest BCUT2D eigenvalue weighted by Gasteiger charge is -2.07. The number of anilines is 1. The molecule has 0 saturated heterocycles. The van der Waals surface area contributed by atoms with Crippen molar-refractivity contribution in [3.8, 4) is 5.75 Å². The number of nitrogens with zero attached hydrogens (tertiary/aromatic N) is 1. The molecular formula is C12H9F2N3O3. The minimum absolute atomic E-state index is 0.0137. The molecule has 20 heavy (non-hydrogen) atoms. The summed E-state index contributed by atoms with van der Waals surface area (Å²) in [6.45, 7) is -2.90. The SMILES string of the molecule is O=C(Nc1ccc(OC(F)F)cc1)c1ccc(=O)[nH]n1. The van der Waals surface area contributed by atoms with Crippen molar-refractivity contribution in [1.29, 1.82) is 0 Å². The molecule has 1 amide bonds. The van der Waals surface area contributed by atoms with Gasteiger partial charge < -0.3 is 10.1 Å². The maximum Gasteiger partial charge on any atom is 0.387 e. The Kier molecular flexibility index (Phi) is 4.04. The van der Waals surface area contributed by atoms with Crippen LogP contribution in [0.3, 0.4) is 0 Å². The smallest absolute Gasteiger partial charge is 0.387 e. The van der Waals surface area contributed by atoms with Crippen LogP contribution in [0.4, 0.5) is 14.5 Å². The van der Waals surface area contributed by atoms with Gasteiger partial charge in [-0.3, -0.25) is 9.59 Å². The molecule has 0 aliphatic carbocycles. The third-order valence-corrected chi connectivity index (χ3v) is 2.25. The molecule has 104 valence electrons. The highest BCUT2D eigenvalue weighted by molar-refractivity contribution is 6.02. The maximum atomic E-state index is 12.0. The number of halogens is 2. The van der Waals surface area contributed by atoms with Gasteiger partial charge in [-0.15, -0.1) is 0 Å². The number of alkyl halides is 2. The first-order valence-corrected chi connectivity index (χ1v) is 5.46. The van der Waals surface area contributed by atoms with Gasteiger partial charge in [0, 0.05) is 11.8 Å². The molecule has 1 aromatic heterocycles. The minimum Gasteiger partial charge on any atom is -0.435 e. The predicted molar refractivity (Wildman–Crippen MR) is 65.9 cm³/mol. The van der Waals surface area contributed by atoms with Gasteiger partial charge in [-0.2, -0.15) is 13.9 Å². The van der Waals surface area contributed by atoms with E-state index in [1.165, 1.54) is 36.4 Å². The summed E-state index contributed by atoms with van der Waals surface area (Å²) >= 11 is 0. The summed E-state index contributed by atoms with van der Waals surface area (Å²) in [5.41, 5.74) is -0.0165. The zero-order chi connectivity index (χ0) is 14.5. The molecule has 2 N–H and O–H groups in total. The molecule has 1 heterocycles. The number of H-pyrrole nitrogens is 1. The van der Waals surface area contributed by atoms with Gasteiger partial charge in [0.25, 0.3) is 11.5 Å². The van der Waals surface area contributed by atoms with Crippen LogP contribution >= 0.6 is 0 Å². The summed E-state index contributed by atoms with van der Waals surface area (Å²) in [5.74, 6) is -0.552. The van der Waals surface area contributed by atoms with Crippen LogP contribution in [0.1, 0.15) is 10.5 Å². The van der Waals surface area contributed by atoms with E-state index in [1.54, 1.807) is 0 Å². The molecule has 0 saturated carbocycles. The number of aromatic amines is 1. The fraction of sp³-hybridized carbons (Fsp3) is 0.0833. The standard InChI is InChI=1S/C12H9F2N3O3/c13-12(14)20-8-3-1-7(2-4-8)15-11(19)9-5-6-10(18)17-16-9/h1-6,12H,(H,15,19)(H,17,18). The number of hydrogen-bond donors (Lipinski definition) is 2. The van der Waals surface area contributed by atoms with Crippen molar-refractivity contribution in [2.45, 2.75) is 6.61 Å². The van der Waals surface area contributed by atoms with Crippen molar-refractivity contribution in [1.82, 2.24) is 10.2 Å². The number of amides is 1. The summed E-state index contributed by atoms with van der Waals surface area (Å²) in [5, 5.41) is 8.18. The molecule has 6 nitrogen and oxygen atoms in total. The summed E-state index contributed by atoms with van der Waals surface area (Å²) in [7, 11) is 0. The molecule has 0 radical (unpaired) electrons. The highest BCUT2D eigenvalue weighted by Gasteiger charge is 2.08. The van der Waals surface area contributed by atoms with Crippen LogP contribution in [0.5, 0.6) is 5.75 Å². The number of carbonyl (C=O) groups is 1.